The van der Waals surface area contributed by atoms with E-state index in [9.17, 15) is 5.26 Å². The van der Waals surface area contributed by atoms with Crippen LogP contribution in [0.1, 0.15) is 110 Å². The smallest absolute Gasteiger partial charge is 0.0753 e. The molecule has 142 valence electrons. The van der Waals surface area contributed by atoms with E-state index in [4.69, 9.17) is 0 Å². The Morgan fingerprint density at radius 1 is 0.880 bits per heavy atom. The summed E-state index contributed by atoms with van der Waals surface area (Å²) in [5.74, 6) is 2.88. The maximum Gasteiger partial charge on any atom is 0.0753 e. The third kappa shape index (κ3) is 6.47. The molecule has 0 unspecified atom stereocenters. The molecule has 0 aromatic heterocycles. The number of hydrogen-bond acceptors (Lipinski definition) is 1. The summed E-state index contributed by atoms with van der Waals surface area (Å²) in [6.45, 7) is 4.56. The van der Waals surface area contributed by atoms with Crippen molar-refractivity contribution in [3.05, 3.63) is 12.2 Å². The molecule has 0 radical (unpaired) electrons. The Morgan fingerprint density at radius 3 is 2.12 bits per heavy atom. The van der Waals surface area contributed by atoms with Gasteiger partial charge < -0.3 is 0 Å². The third-order valence-corrected chi connectivity index (χ3v) is 7.08. The maximum atomic E-state index is 9.76. The van der Waals surface area contributed by atoms with E-state index in [1.54, 1.807) is 0 Å². The summed E-state index contributed by atoms with van der Waals surface area (Å²) in [4.78, 5) is 0. The van der Waals surface area contributed by atoms with Crippen molar-refractivity contribution in [1.82, 2.24) is 0 Å². The van der Waals surface area contributed by atoms with Gasteiger partial charge in [0, 0.05) is 0 Å². The van der Waals surface area contributed by atoms with Crippen LogP contribution in [0, 0.1) is 34.5 Å². The van der Waals surface area contributed by atoms with Crippen LogP contribution in [-0.4, -0.2) is 0 Å². The SMILES string of the molecule is CCCCC/C=C\C1(C#N)CCC(C2CCC(CCCC)CC2)CC1. The molecule has 0 N–H and O–H groups in total. The lowest BCUT2D eigenvalue weighted by atomic mass is 9.64. The summed E-state index contributed by atoms with van der Waals surface area (Å²) < 4.78 is 0. The fourth-order valence-electron chi connectivity index (χ4n) is 5.20. The van der Waals surface area contributed by atoms with E-state index in [1.807, 2.05) is 0 Å². The Hall–Kier alpha value is -0.770. The number of unbranched alkanes of at least 4 members (excludes halogenated alkanes) is 4. The van der Waals surface area contributed by atoms with Gasteiger partial charge in [0.05, 0.1) is 11.5 Å². The molecule has 0 amide bonds. The fourth-order valence-corrected chi connectivity index (χ4v) is 5.20. The highest BCUT2D eigenvalue weighted by Gasteiger charge is 2.37. The molecule has 0 aliphatic heterocycles. The van der Waals surface area contributed by atoms with E-state index in [-0.39, 0.29) is 5.41 Å². The van der Waals surface area contributed by atoms with E-state index >= 15 is 0 Å². The molecule has 1 nitrogen and oxygen atoms in total. The van der Waals surface area contributed by atoms with E-state index in [0.29, 0.717) is 0 Å². The molecule has 25 heavy (non-hydrogen) atoms. The first-order valence-corrected chi connectivity index (χ1v) is 11.3. The highest BCUT2D eigenvalue weighted by atomic mass is 14.4. The summed E-state index contributed by atoms with van der Waals surface area (Å²) in [5.41, 5.74) is -0.138. The molecule has 1 heteroatoms. The van der Waals surface area contributed by atoms with Gasteiger partial charge in [-0.1, -0.05) is 70.9 Å². The van der Waals surface area contributed by atoms with Crippen LogP contribution < -0.4 is 0 Å². The van der Waals surface area contributed by atoms with Crippen molar-refractivity contribution < 1.29 is 0 Å². The molecule has 2 saturated carbocycles. The molecule has 0 aromatic rings. The number of allylic oxidation sites excluding steroid dienone is 2. The minimum Gasteiger partial charge on any atom is -0.197 e. The molecular formula is C24H41N. The lowest BCUT2D eigenvalue weighted by Gasteiger charge is -2.39. The van der Waals surface area contributed by atoms with Crippen LogP contribution >= 0.6 is 0 Å². The van der Waals surface area contributed by atoms with Crippen LogP contribution in [0.5, 0.6) is 0 Å². The van der Waals surface area contributed by atoms with Gasteiger partial charge >= 0.3 is 0 Å². The largest absolute Gasteiger partial charge is 0.197 e. The molecular weight excluding hydrogens is 302 g/mol. The van der Waals surface area contributed by atoms with Crippen LogP contribution in [-0.2, 0) is 0 Å². The van der Waals surface area contributed by atoms with Crippen LogP contribution in [0.2, 0.25) is 0 Å². The predicted octanol–water partition coefficient (Wildman–Crippen LogP) is 7.82. The Bertz CT molecular complexity index is 414. The molecule has 0 heterocycles. The first-order chi connectivity index (χ1) is 12.2. The van der Waals surface area contributed by atoms with Gasteiger partial charge in [0.1, 0.15) is 0 Å². The monoisotopic (exact) mass is 343 g/mol. The van der Waals surface area contributed by atoms with Crippen molar-refractivity contribution in [3.8, 4) is 6.07 Å². The second kappa shape index (κ2) is 11.1. The molecule has 2 fully saturated rings. The number of nitrogens with zero attached hydrogens (tertiary/aromatic N) is 1. The van der Waals surface area contributed by atoms with Gasteiger partial charge in [0.2, 0.25) is 0 Å². The van der Waals surface area contributed by atoms with Gasteiger partial charge in [-0.2, -0.15) is 5.26 Å². The van der Waals surface area contributed by atoms with E-state index in [1.165, 1.54) is 77.0 Å². The molecule has 0 saturated heterocycles. The van der Waals surface area contributed by atoms with Gasteiger partial charge in [-0.15, -0.1) is 0 Å². The Labute approximate surface area is 157 Å². The summed E-state index contributed by atoms with van der Waals surface area (Å²) in [6.07, 6.45) is 24.5. The average Bonchev–Trinajstić information content (AvgIpc) is 2.67. The first kappa shape index (κ1) is 20.5. The zero-order chi connectivity index (χ0) is 18.0. The second-order valence-corrected chi connectivity index (χ2v) is 8.93. The minimum atomic E-state index is -0.138. The van der Waals surface area contributed by atoms with Gasteiger partial charge in [0.25, 0.3) is 0 Å². The summed E-state index contributed by atoms with van der Waals surface area (Å²) in [7, 11) is 0. The summed E-state index contributed by atoms with van der Waals surface area (Å²) in [6, 6.07) is 2.68. The summed E-state index contributed by atoms with van der Waals surface area (Å²) in [5, 5.41) is 9.76. The Morgan fingerprint density at radius 2 is 1.52 bits per heavy atom. The van der Waals surface area contributed by atoms with Crippen LogP contribution in [0.25, 0.3) is 0 Å². The van der Waals surface area contributed by atoms with Crippen molar-refractivity contribution in [3.63, 3.8) is 0 Å². The number of hydrogen-bond donors (Lipinski definition) is 0. The lowest BCUT2D eigenvalue weighted by molar-refractivity contribution is 0.136. The standard InChI is InChI=1S/C24H41N/c1-3-5-7-8-9-17-24(20-25)18-15-23(16-19-24)22-13-11-21(12-14-22)10-6-4-2/h9,17,21-23H,3-8,10-16,18-19H2,1-2H3/b17-9-. The second-order valence-electron chi connectivity index (χ2n) is 8.93. The van der Waals surface area contributed by atoms with Gasteiger partial charge in [-0.05, 0) is 69.1 Å². The maximum absolute atomic E-state index is 9.76. The van der Waals surface area contributed by atoms with Crippen molar-refractivity contribution >= 4 is 0 Å². The van der Waals surface area contributed by atoms with Crippen molar-refractivity contribution in [2.45, 2.75) is 110 Å². The molecule has 2 aliphatic rings. The first-order valence-electron chi connectivity index (χ1n) is 11.3. The quantitative estimate of drug-likeness (QED) is 0.309. The van der Waals surface area contributed by atoms with Crippen LogP contribution in [0.4, 0.5) is 0 Å². The average molecular weight is 344 g/mol. The normalized spacial score (nSPS) is 33.4. The van der Waals surface area contributed by atoms with Crippen LogP contribution in [0.3, 0.4) is 0 Å². The molecule has 0 aromatic carbocycles. The highest BCUT2D eigenvalue weighted by Crippen LogP contribution is 2.46. The number of nitriles is 1. The topological polar surface area (TPSA) is 23.8 Å². The Balaban J connectivity index is 1.74. The van der Waals surface area contributed by atoms with E-state index < -0.39 is 0 Å². The van der Waals surface area contributed by atoms with E-state index in [0.717, 1.165) is 37.0 Å². The lowest BCUT2D eigenvalue weighted by Crippen LogP contribution is -2.30. The molecule has 0 bridgehead atoms. The summed E-state index contributed by atoms with van der Waals surface area (Å²) >= 11 is 0. The van der Waals surface area contributed by atoms with Gasteiger partial charge in [-0.25, -0.2) is 0 Å². The fraction of sp³-hybridized carbons (Fsp3) is 0.875. The van der Waals surface area contributed by atoms with Gasteiger partial charge in [0.15, 0.2) is 0 Å². The highest BCUT2D eigenvalue weighted by molar-refractivity contribution is 5.14. The van der Waals surface area contributed by atoms with Crippen molar-refractivity contribution in [2.24, 2.45) is 23.2 Å². The zero-order valence-electron chi connectivity index (χ0n) is 16.9. The van der Waals surface area contributed by atoms with Gasteiger partial charge in [-0.3, -0.25) is 0 Å². The molecule has 0 spiro atoms. The van der Waals surface area contributed by atoms with E-state index in [2.05, 4.69) is 32.1 Å². The van der Waals surface area contributed by atoms with Crippen molar-refractivity contribution in [2.75, 3.05) is 0 Å². The molecule has 2 aliphatic carbocycles. The molecule has 0 atom stereocenters. The van der Waals surface area contributed by atoms with Crippen LogP contribution in [0.15, 0.2) is 12.2 Å². The number of rotatable bonds is 9. The Kier molecular flexibility index (Phi) is 9.08. The van der Waals surface area contributed by atoms with Crippen molar-refractivity contribution in [1.29, 1.82) is 5.26 Å². The predicted molar refractivity (Wildman–Crippen MR) is 108 cm³/mol. The minimum absolute atomic E-state index is 0.138. The molecule has 2 rings (SSSR count). The third-order valence-electron chi connectivity index (χ3n) is 7.08. The zero-order valence-corrected chi connectivity index (χ0v) is 16.9.